The lowest BCUT2D eigenvalue weighted by Crippen LogP contribution is -2.56. The number of carbonyl (C=O) groups is 3. The zero-order valence-corrected chi connectivity index (χ0v) is 30.6. The van der Waals surface area contributed by atoms with Gasteiger partial charge in [-0.05, 0) is 80.5 Å². The van der Waals surface area contributed by atoms with Crippen LogP contribution >= 0.6 is 11.6 Å². The Hall–Kier alpha value is -4.09. The third-order valence-corrected chi connectivity index (χ3v) is 11.4. The van der Waals surface area contributed by atoms with Crippen molar-refractivity contribution < 1.29 is 27.5 Å². The lowest BCUT2D eigenvalue weighted by molar-refractivity contribution is -0.134. The highest BCUT2D eigenvalue weighted by Crippen LogP contribution is 2.47. The van der Waals surface area contributed by atoms with E-state index in [0.29, 0.717) is 56.0 Å². The van der Waals surface area contributed by atoms with Crippen molar-refractivity contribution in [2.24, 2.45) is 0 Å². The van der Waals surface area contributed by atoms with Crippen LogP contribution < -0.4 is 9.62 Å². The molecule has 3 aliphatic rings. The Labute approximate surface area is 299 Å². The number of rotatable bonds is 7. The van der Waals surface area contributed by atoms with Crippen LogP contribution in [0.1, 0.15) is 62.3 Å². The van der Waals surface area contributed by atoms with Gasteiger partial charge in [-0.25, -0.2) is 13.2 Å². The molecule has 2 atom stereocenters. The zero-order chi connectivity index (χ0) is 35.8. The molecule has 1 saturated heterocycles. The third-order valence-electron chi connectivity index (χ3n) is 10.0. The van der Waals surface area contributed by atoms with E-state index >= 15 is 0 Å². The van der Waals surface area contributed by atoms with Crippen LogP contribution in [0.15, 0.2) is 72.8 Å². The molecule has 1 spiro atoms. The highest BCUT2D eigenvalue weighted by Gasteiger charge is 2.47. The monoisotopic (exact) mass is 720 g/mol. The fourth-order valence-electron chi connectivity index (χ4n) is 7.48. The van der Waals surface area contributed by atoms with Crippen molar-refractivity contribution in [3.63, 3.8) is 0 Å². The number of fused-ring (bicyclic) bond motifs is 3. The first-order chi connectivity index (χ1) is 23.6. The summed E-state index contributed by atoms with van der Waals surface area (Å²) < 4.78 is 32.5. The van der Waals surface area contributed by atoms with Gasteiger partial charge >= 0.3 is 6.09 Å². The molecule has 12 heteroatoms. The average molecular weight is 721 g/mol. The molecule has 0 bridgehead atoms. The number of hydrogen-bond acceptors (Lipinski definition) is 6. The molecule has 0 saturated carbocycles. The number of piperidine rings is 1. The second-order valence-electron chi connectivity index (χ2n) is 14.8. The fraction of sp³-hybridized carbons (Fsp3) is 0.447. The number of amides is 3. The van der Waals surface area contributed by atoms with Gasteiger partial charge in [-0.2, -0.15) is 0 Å². The molecule has 50 heavy (non-hydrogen) atoms. The normalized spacial score (nSPS) is 19.1. The summed E-state index contributed by atoms with van der Waals surface area (Å²) in [6, 6.07) is 21.3. The van der Waals surface area contributed by atoms with E-state index < -0.39 is 33.8 Å². The van der Waals surface area contributed by atoms with E-state index in [4.69, 9.17) is 16.3 Å². The summed E-state index contributed by atoms with van der Waals surface area (Å²) in [5, 5.41) is 3.73. The SMILES string of the molecule is CC(C)(C)OC(=O)N1Cc2ccccc2C[C@@H]1C(=O)N[C@H](CC(=O)N1CCC2(CC1)CN(S(C)(=O)=O)c1ccccc12)Cc1ccc(Cl)cc1. The number of halogens is 1. The molecule has 3 amide bonds. The predicted octanol–water partition coefficient (Wildman–Crippen LogP) is 5.46. The number of para-hydroxylation sites is 1. The molecule has 0 aliphatic carbocycles. The van der Waals surface area contributed by atoms with Crippen molar-refractivity contribution >= 4 is 45.2 Å². The molecule has 1 N–H and O–H groups in total. The zero-order valence-electron chi connectivity index (χ0n) is 29.0. The average Bonchev–Trinajstić information content (AvgIpc) is 3.39. The molecular weight excluding hydrogens is 676 g/mol. The van der Waals surface area contributed by atoms with Crippen LogP contribution in [-0.2, 0) is 49.2 Å². The molecule has 0 unspecified atom stereocenters. The summed E-state index contributed by atoms with van der Waals surface area (Å²) in [6.07, 6.45) is 2.69. The van der Waals surface area contributed by atoms with Crippen molar-refractivity contribution in [1.29, 1.82) is 0 Å². The Balaban J connectivity index is 1.19. The molecule has 10 nitrogen and oxygen atoms in total. The van der Waals surface area contributed by atoms with Gasteiger partial charge in [-0.1, -0.05) is 66.2 Å². The van der Waals surface area contributed by atoms with Gasteiger partial charge in [0, 0.05) is 49.0 Å². The van der Waals surface area contributed by atoms with Gasteiger partial charge in [0.1, 0.15) is 11.6 Å². The topological polar surface area (TPSA) is 116 Å². The molecule has 0 radical (unpaired) electrons. The quantitative estimate of drug-likeness (QED) is 0.347. The third kappa shape index (κ3) is 7.78. The Kier molecular flexibility index (Phi) is 9.94. The first-order valence-corrected chi connectivity index (χ1v) is 19.3. The Morgan fingerprint density at radius 3 is 2.26 bits per heavy atom. The Morgan fingerprint density at radius 2 is 1.60 bits per heavy atom. The molecular formula is C38H45ClN4O6S. The lowest BCUT2D eigenvalue weighted by atomic mass is 9.74. The molecule has 1 fully saturated rings. The smallest absolute Gasteiger partial charge is 0.411 e. The second-order valence-corrected chi connectivity index (χ2v) is 17.1. The summed E-state index contributed by atoms with van der Waals surface area (Å²) >= 11 is 6.15. The standard InChI is InChI=1S/C38H45ClN4O6S/c1-37(2,3)49-36(46)42-24-28-10-6-5-9-27(28)22-33(42)35(45)40-30(21-26-13-15-29(39)16-14-26)23-34(44)41-19-17-38(18-20-41)25-43(50(4,47)48)32-12-8-7-11-31(32)38/h5-16,30,33H,17-25H2,1-4H3,(H,40,45)/t30-,33+/m0/s1. The maximum atomic E-state index is 14.1. The molecule has 3 heterocycles. The Morgan fingerprint density at radius 1 is 0.960 bits per heavy atom. The number of nitrogens with zero attached hydrogens (tertiary/aromatic N) is 3. The summed E-state index contributed by atoms with van der Waals surface area (Å²) in [6.45, 7) is 6.92. The van der Waals surface area contributed by atoms with Gasteiger partial charge in [0.15, 0.2) is 0 Å². The summed E-state index contributed by atoms with van der Waals surface area (Å²) in [7, 11) is -3.45. The molecule has 3 aromatic rings. The minimum absolute atomic E-state index is 0.0587. The van der Waals surface area contributed by atoms with Gasteiger partial charge in [0.2, 0.25) is 21.8 Å². The highest BCUT2D eigenvalue weighted by atomic mass is 35.5. The number of sulfonamides is 1. The van der Waals surface area contributed by atoms with Crippen LogP contribution in [0.2, 0.25) is 5.02 Å². The van der Waals surface area contributed by atoms with E-state index in [1.807, 2.05) is 65.6 Å². The molecule has 3 aliphatic heterocycles. The molecule has 3 aromatic carbocycles. The van der Waals surface area contributed by atoms with E-state index in [-0.39, 0.29) is 30.2 Å². The van der Waals surface area contributed by atoms with Gasteiger partial charge in [-0.3, -0.25) is 18.8 Å². The van der Waals surface area contributed by atoms with E-state index in [0.717, 1.165) is 22.3 Å². The lowest BCUT2D eigenvalue weighted by Gasteiger charge is -2.40. The van der Waals surface area contributed by atoms with E-state index in [2.05, 4.69) is 5.32 Å². The van der Waals surface area contributed by atoms with E-state index in [9.17, 15) is 22.8 Å². The summed E-state index contributed by atoms with van der Waals surface area (Å²) in [4.78, 5) is 44.8. The van der Waals surface area contributed by atoms with E-state index in [1.54, 1.807) is 32.9 Å². The van der Waals surface area contributed by atoms with E-state index in [1.165, 1.54) is 15.5 Å². The number of hydrogen-bond donors (Lipinski definition) is 1. The van der Waals surface area contributed by atoms with Gasteiger partial charge in [0.25, 0.3) is 0 Å². The first-order valence-electron chi connectivity index (χ1n) is 17.1. The van der Waals surface area contributed by atoms with Crippen LogP contribution in [0, 0.1) is 0 Å². The Bertz CT molecular complexity index is 1870. The number of carbonyl (C=O) groups excluding carboxylic acids is 3. The largest absolute Gasteiger partial charge is 0.444 e. The van der Waals surface area contributed by atoms with Gasteiger partial charge in [0.05, 0.1) is 18.5 Å². The molecule has 6 rings (SSSR count). The number of anilines is 1. The second kappa shape index (κ2) is 13.9. The first kappa shape index (κ1) is 35.7. The van der Waals surface area contributed by atoms with Gasteiger partial charge < -0.3 is 15.0 Å². The highest BCUT2D eigenvalue weighted by molar-refractivity contribution is 7.92. The van der Waals surface area contributed by atoms with Crippen LogP contribution in [0.25, 0.3) is 0 Å². The maximum absolute atomic E-state index is 14.1. The molecule has 0 aromatic heterocycles. The molecule has 266 valence electrons. The number of ether oxygens (including phenoxy) is 1. The predicted molar refractivity (Wildman–Crippen MR) is 194 cm³/mol. The minimum Gasteiger partial charge on any atom is -0.444 e. The van der Waals surface area contributed by atoms with Crippen molar-refractivity contribution in [3.8, 4) is 0 Å². The number of nitrogens with one attached hydrogen (secondary N) is 1. The van der Waals surface area contributed by atoms with Crippen molar-refractivity contribution in [3.05, 3.63) is 100 Å². The van der Waals surface area contributed by atoms with Crippen LogP contribution in [0.5, 0.6) is 0 Å². The fourth-order valence-corrected chi connectivity index (χ4v) is 8.60. The van der Waals surface area contributed by atoms with Crippen LogP contribution in [0.4, 0.5) is 10.5 Å². The summed E-state index contributed by atoms with van der Waals surface area (Å²) in [5.74, 6) is -0.443. The van der Waals surface area contributed by atoms with Gasteiger partial charge in [-0.15, -0.1) is 0 Å². The van der Waals surface area contributed by atoms with Crippen LogP contribution in [-0.4, -0.2) is 79.7 Å². The van der Waals surface area contributed by atoms with Crippen LogP contribution in [0.3, 0.4) is 0 Å². The maximum Gasteiger partial charge on any atom is 0.411 e. The minimum atomic E-state index is -3.45. The number of likely N-dealkylation sites (tertiary alicyclic amines) is 1. The van der Waals surface area contributed by atoms with Crippen molar-refractivity contribution in [1.82, 2.24) is 15.1 Å². The number of benzene rings is 3. The van der Waals surface area contributed by atoms with Crippen molar-refractivity contribution in [2.75, 3.05) is 30.2 Å². The van der Waals surface area contributed by atoms with Crippen molar-refractivity contribution in [2.45, 2.75) is 82.5 Å². The summed E-state index contributed by atoms with van der Waals surface area (Å²) in [5.41, 5.74) is 3.47.